The van der Waals surface area contributed by atoms with E-state index in [1.807, 2.05) is 0 Å². The van der Waals surface area contributed by atoms with E-state index in [2.05, 4.69) is 126 Å². The van der Waals surface area contributed by atoms with Gasteiger partial charge < -0.3 is 0 Å². The van der Waals surface area contributed by atoms with Crippen LogP contribution in [0.5, 0.6) is 0 Å². The molecule has 2 nitrogen and oxygen atoms in total. The second kappa shape index (κ2) is 7.43. The van der Waals surface area contributed by atoms with Crippen LogP contribution in [0, 0.1) is 6.92 Å². The molecule has 0 radical (unpaired) electrons. The molecule has 3 heteroatoms. The van der Waals surface area contributed by atoms with Crippen molar-refractivity contribution in [1.29, 1.82) is 0 Å². The number of aryl methyl sites for hydroxylation is 2. The number of nitrogens with zero attached hydrogens (tertiary/aromatic N) is 2. The van der Waals surface area contributed by atoms with Crippen LogP contribution in [-0.2, 0) is 7.05 Å². The Labute approximate surface area is 204 Å². The zero-order valence-corrected chi connectivity index (χ0v) is 20.8. The van der Waals surface area contributed by atoms with Gasteiger partial charge in [-0.1, -0.05) is 0 Å². The van der Waals surface area contributed by atoms with Gasteiger partial charge in [0.15, 0.2) is 0 Å². The van der Waals surface area contributed by atoms with Crippen molar-refractivity contribution in [3.05, 3.63) is 109 Å². The van der Waals surface area contributed by atoms with Crippen molar-refractivity contribution in [3.8, 4) is 15.8 Å². The van der Waals surface area contributed by atoms with Gasteiger partial charge in [0, 0.05) is 0 Å². The summed E-state index contributed by atoms with van der Waals surface area (Å²) in [5.41, 5.74) is 6.47. The van der Waals surface area contributed by atoms with Gasteiger partial charge in [-0.05, 0) is 0 Å². The fourth-order valence-corrected chi connectivity index (χ4v) is 8.13. The van der Waals surface area contributed by atoms with Crippen molar-refractivity contribution in [2.24, 2.45) is 7.05 Å². The molecule has 0 saturated heterocycles. The molecule has 7 aromatic rings. The van der Waals surface area contributed by atoms with Crippen LogP contribution >= 0.6 is 0 Å². The Morgan fingerprint density at radius 1 is 0.676 bits per heavy atom. The number of aromatic nitrogens is 2. The number of pyridine rings is 1. The molecule has 3 aromatic heterocycles. The SMILES string of the molecule is Cc1c(-c2c3ccc(-n4c5ccccc5c5ccccc54)cc3cc[n+]2C)[se]c2ccccc12. The molecule has 0 aliphatic rings. The zero-order valence-electron chi connectivity index (χ0n) is 19.1. The van der Waals surface area contributed by atoms with Gasteiger partial charge in [-0.3, -0.25) is 0 Å². The van der Waals surface area contributed by atoms with E-state index in [1.165, 1.54) is 63.6 Å². The van der Waals surface area contributed by atoms with Gasteiger partial charge in [0.05, 0.1) is 0 Å². The summed E-state index contributed by atoms with van der Waals surface area (Å²) >= 11 is 0.318. The van der Waals surface area contributed by atoms with Crippen LogP contribution < -0.4 is 4.57 Å². The van der Waals surface area contributed by atoms with Crippen molar-refractivity contribution >= 4 is 56.7 Å². The van der Waals surface area contributed by atoms with E-state index in [0.29, 0.717) is 14.5 Å². The van der Waals surface area contributed by atoms with Crippen LogP contribution in [0.2, 0.25) is 0 Å². The Balaban J connectivity index is 1.50. The van der Waals surface area contributed by atoms with Crippen molar-refractivity contribution < 1.29 is 4.57 Å². The molecule has 0 aliphatic heterocycles. The van der Waals surface area contributed by atoms with Crippen molar-refractivity contribution in [3.63, 3.8) is 0 Å². The first-order chi connectivity index (χ1) is 16.7. The molecule has 0 atom stereocenters. The predicted octanol–water partition coefficient (Wildman–Crippen LogP) is 6.95. The van der Waals surface area contributed by atoms with Gasteiger partial charge in [-0.25, -0.2) is 0 Å². The van der Waals surface area contributed by atoms with Crippen LogP contribution in [0.25, 0.3) is 58.0 Å². The fourth-order valence-electron chi connectivity index (χ4n) is 5.38. The number of rotatable bonds is 2. The first-order valence-electron chi connectivity index (χ1n) is 11.6. The van der Waals surface area contributed by atoms with E-state index in [4.69, 9.17) is 0 Å². The first-order valence-corrected chi connectivity index (χ1v) is 13.3. The number of para-hydroxylation sites is 2. The molecule has 0 aliphatic carbocycles. The average Bonchev–Trinajstić information content (AvgIpc) is 3.39. The number of hydrogen-bond donors (Lipinski definition) is 0. The Kier molecular flexibility index (Phi) is 4.32. The van der Waals surface area contributed by atoms with Gasteiger partial charge in [0.2, 0.25) is 0 Å². The average molecular weight is 502 g/mol. The van der Waals surface area contributed by atoms with Crippen molar-refractivity contribution in [1.82, 2.24) is 4.57 Å². The van der Waals surface area contributed by atoms with Crippen LogP contribution in [0.3, 0.4) is 0 Å². The van der Waals surface area contributed by atoms with Gasteiger partial charge in [0.1, 0.15) is 0 Å². The summed E-state index contributed by atoms with van der Waals surface area (Å²) in [7, 11) is 2.18. The third kappa shape index (κ3) is 2.78. The number of benzene rings is 4. The molecule has 0 saturated carbocycles. The summed E-state index contributed by atoms with van der Waals surface area (Å²) in [5, 5.41) is 6.60. The maximum absolute atomic E-state index is 2.40. The normalized spacial score (nSPS) is 11.8. The van der Waals surface area contributed by atoms with E-state index < -0.39 is 0 Å². The molecule has 0 fully saturated rings. The topological polar surface area (TPSA) is 8.81 Å². The quantitative estimate of drug-likeness (QED) is 0.179. The number of hydrogen-bond acceptors (Lipinski definition) is 0. The zero-order chi connectivity index (χ0) is 22.8. The van der Waals surface area contributed by atoms with Crippen molar-refractivity contribution in [2.45, 2.75) is 6.92 Å². The molecule has 34 heavy (non-hydrogen) atoms. The Bertz CT molecular complexity index is 1830. The Morgan fingerprint density at radius 2 is 1.32 bits per heavy atom. The molecule has 0 amide bonds. The molecular weight excluding hydrogens is 479 g/mol. The van der Waals surface area contributed by atoms with E-state index in [9.17, 15) is 0 Å². The van der Waals surface area contributed by atoms with E-state index in [-0.39, 0.29) is 0 Å². The molecule has 7 rings (SSSR count). The van der Waals surface area contributed by atoms with Gasteiger partial charge >= 0.3 is 204 Å². The Hall–Kier alpha value is -3.65. The number of fused-ring (bicyclic) bond motifs is 5. The molecular formula is C31H23N2Se+. The molecule has 162 valence electrons. The fraction of sp³-hybridized carbons (Fsp3) is 0.0645. The summed E-state index contributed by atoms with van der Waals surface area (Å²) in [6.45, 7) is 2.29. The molecule has 0 bridgehead atoms. The van der Waals surface area contributed by atoms with E-state index >= 15 is 0 Å². The third-order valence-electron chi connectivity index (χ3n) is 7.02. The first kappa shape index (κ1) is 19.8. The molecule has 3 heterocycles. The predicted molar refractivity (Wildman–Crippen MR) is 144 cm³/mol. The van der Waals surface area contributed by atoms with Gasteiger partial charge in [0.25, 0.3) is 0 Å². The molecule has 0 spiro atoms. The summed E-state index contributed by atoms with van der Waals surface area (Å²) in [5.74, 6) is 0. The minimum absolute atomic E-state index is 0.318. The Morgan fingerprint density at radius 3 is 2.03 bits per heavy atom. The van der Waals surface area contributed by atoms with Gasteiger partial charge in [-0.2, -0.15) is 0 Å². The standard InChI is InChI=1S/C31H23N2Se/c1-20-23-9-5-8-14-29(23)34-31(20)30-24-16-15-22(19-21(24)17-18-32(30)2)33-27-12-6-3-10-25(27)26-11-4-7-13-28(26)33/h3-19H,1-2H3/q+1. The summed E-state index contributed by atoms with van der Waals surface area (Å²) in [6.07, 6.45) is 2.21. The molecule has 0 N–H and O–H groups in total. The monoisotopic (exact) mass is 503 g/mol. The summed E-state index contributed by atoms with van der Waals surface area (Å²) in [6, 6.07) is 35.5. The van der Waals surface area contributed by atoms with E-state index in [0.717, 1.165) is 0 Å². The third-order valence-corrected chi connectivity index (χ3v) is 9.70. The van der Waals surface area contributed by atoms with Crippen LogP contribution in [0.4, 0.5) is 0 Å². The minimum atomic E-state index is 0.318. The second-order valence-electron chi connectivity index (χ2n) is 8.97. The van der Waals surface area contributed by atoms with Crippen molar-refractivity contribution in [2.75, 3.05) is 0 Å². The van der Waals surface area contributed by atoms with Crippen LogP contribution in [0.15, 0.2) is 103 Å². The molecule has 4 aromatic carbocycles. The van der Waals surface area contributed by atoms with Crippen LogP contribution in [-0.4, -0.2) is 19.1 Å². The maximum atomic E-state index is 2.40. The summed E-state index contributed by atoms with van der Waals surface area (Å²) in [4.78, 5) is 0. The molecule has 0 unspecified atom stereocenters. The van der Waals surface area contributed by atoms with Gasteiger partial charge in [-0.15, -0.1) is 0 Å². The summed E-state index contributed by atoms with van der Waals surface area (Å²) < 4.78 is 7.68. The van der Waals surface area contributed by atoms with E-state index in [1.54, 1.807) is 0 Å². The second-order valence-corrected chi connectivity index (χ2v) is 11.2. The van der Waals surface area contributed by atoms with Crippen LogP contribution in [0.1, 0.15) is 5.56 Å².